The van der Waals surface area contributed by atoms with E-state index in [9.17, 15) is 4.79 Å². The molecule has 3 nitrogen and oxygen atoms in total. The van der Waals surface area contributed by atoms with E-state index in [0.29, 0.717) is 0 Å². The Hall–Kier alpha value is -1.43. The van der Waals surface area contributed by atoms with E-state index < -0.39 is 5.97 Å². The van der Waals surface area contributed by atoms with Crippen molar-refractivity contribution in [3.8, 4) is 11.3 Å². The predicted octanol–water partition coefficient (Wildman–Crippen LogP) is 3.05. The maximum Gasteiger partial charge on any atom is 0.337 e. The lowest BCUT2D eigenvalue weighted by atomic mass is 10.1. The molecule has 0 unspecified atom stereocenters. The molecule has 1 N–H and O–H groups in total. The van der Waals surface area contributed by atoms with Crippen LogP contribution in [0, 0.1) is 3.57 Å². The number of benzene rings is 1. The van der Waals surface area contributed by atoms with Gasteiger partial charge in [-0.05, 0) is 46.9 Å². The summed E-state index contributed by atoms with van der Waals surface area (Å²) in [7, 11) is 0. The van der Waals surface area contributed by atoms with Crippen LogP contribution < -0.4 is 0 Å². The van der Waals surface area contributed by atoms with Gasteiger partial charge in [0.2, 0.25) is 0 Å². The van der Waals surface area contributed by atoms with Gasteiger partial charge < -0.3 is 5.11 Å². The third-order valence-electron chi connectivity index (χ3n) is 2.13. The Morgan fingerprint density at radius 1 is 1.25 bits per heavy atom. The van der Waals surface area contributed by atoms with E-state index in [1.165, 1.54) is 6.20 Å². The molecule has 0 aliphatic heterocycles. The van der Waals surface area contributed by atoms with E-state index in [2.05, 4.69) is 27.6 Å². The highest BCUT2D eigenvalue weighted by molar-refractivity contribution is 14.1. The number of hydrogen-bond donors (Lipinski definition) is 1. The van der Waals surface area contributed by atoms with Crippen LogP contribution in [-0.4, -0.2) is 16.1 Å². The second kappa shape index (κ2) is 4.61. The number of hydrogen-bond acceptors (Lipinski definition) is 2. The number of carboxylic acid groups (broad SMARTS) is 1. The van der Waals surface area contributed by atoms with E-state index in [0.717, 1.165) is 14.8 Å². The molecule has 0 radical (unpaired) electrons. The first-order valence-electron chi connectivity index (χ1n) is 4.62. The molecule has 0 saturated heterocycles. The van der Waals surface area contributed by atoms with Crippen molar-refractivity contribution >= 4 is 28.6 Å². The molecule has 0 amide bonds. The van der Waals surface area contributed by atoms with Crippen LogP contribution in [0.25, 0.3) is 11.3 Å². The van der Waals surface area contributed by atoms with Gasteiger partial charge in [0.15, 0.2) is 0 Å². The fourth-order valence-corrected chi connectivity index (χ4v) is 1.88. The van der Waals surface area contributed by atoms with Crippen LogP contribution in [0.15, 0.2) is 42.6 Å². The van der Waals surface area contributed by atoms with Crippen molar-refractivity contribution in [1.29, 1.82) is 0 Å². The topological polar surface area (TPSA) is 50.2 Å². The molecule has 4 heteroatoms. The molecule has 0 saturated carbocycles. The molecule has 16 heavy (non-hydrogen) atoms. The molecule has 2 aromatic rings. The summed E-state index contributed by atoms with van der Waals surface area (Å²) in [6, 6.07) is 11.2. The van der Waals surface area contributed by atoms with Crippen molar-refractivity contribution in [3.63, 3.8) is 0 Å². The number of nitrogens with zero attached hydrogens (tertiary/aromatic N) is 1. The van der Waals surface area contributed by atoms with Crippen LogP contribution in [0.3, 0.4) is 0 Å². The summed E-state index contributed by atoms with van der Waals surface area (Å²) in [6.07, 6.45) is 1.37. The number of aromatic carboxylic acids is 1. The second-order valence-electron chi connectivity index (χ2n) is 3.25. The van der Waals surface area contributed by atoms with Crippen LogP contribution in [0.1, 0.15) is 10.4 Å². The lowest BCUT2D eigenvalue weighted by molar-refractivity contribution is 0.0696. The van der Waals surface area contributed by atoms with Crippen molar-refractivity contribution in [3.05, 3.63) is 51.7 Å². The van der Waals surface area contributed by atoms with E-state index in [4.69, 9.17) is 5.11 Å². The van der Waals surface area contributed by atoms with Gasteiger partial charge in [0.25, 0.3) is 0 Å². The van der Waals surface area contributed by atoms with Gasteiger partial charge in [0, 0.05) is 15.3 Å². The molecule has 0 spiro atoms. The van der Waals surface area contributed by atoms with Crippen LogP contribution in [0.4, 0.5) is 0 Å². The average molecular weight is 325 g/mol. The molecule has 0 aliphatic carbocycles. The van der Waals surface area contributed by atoms with Gasteiger partial charge in [-0.25, -0.2) is 4.79 Å². The standard InChI is InChI=1S/C12H8INO2/c13-10-3-1-2-8(6-10)11-5-4-9(7-14-11)12(15)16/h1-7H,(H,15,16). The Balaban J connectivity index is 2.38. The maximum atomic E-state index is 10.7. The first kappa shape index (κ1) is 11.1. The Kier molecular flexibility index (Phi) is 3.19. The number of halogens is 1. The summed E-state index contributed by atoms with van der Waals surface area (Å²) in [5.74, 6) is -0.957. The summed E-state index contributed by atoms with van der Waals surface area (Å²) >= 11 is 2.23. The fraction of sp³-hybridized carbons (Fsp3) is 0. The monoisotopic (exact) mass is 325 g/mol. The number of rotatable bonds is 2. The van der Waals surface area contributed by atoms with Gasteiger partial charge >= 0.3 is 5.97 Å². The lowest BCUT2D eigenvalue weighted by Gasteiger charge is -2.01. The Morgan fingerprint density at radius 2 is 2.06 bits per heavy atom. The molecule has 0 bridgehead atoms. The highest BCUT2D eigenvalue weighted by Gasteiger charge is 2.04. The van der Waals surface area contributed by atoms with Crippen LogP contribution in [-0.2, 0) is 0 Å². The predicted molar refractivity (Wildman–Crippen MR) is 69.3 cm³/mol. The zero-order chi connectivity index (χ0) is 11.5. The van der Waals surface area contributed by atoms with Gasteiger partial charge in [0.1, 0.15) is 0 Å². The minimum absolute atomic E-state index is 0.203. The summed E-state index contributed by atoms with van der Waals surface area (Å²) in [5.41, 5.74) is 1.97. The largest absolute Gasteiger partial charge is 0.478 e. The number of carboxylic acids is 1. The molecular weight excluding hydrogens is 317 g/mol. The quantitative estimate of drug-likeness (QED) is 0.864. The number of pyridine rings is 1. The van der Waals surface area contributed by atoms with E-state index >= 15 is 0 Å². The Bertz CT molecular complexity index is 523. The van der Waals surface area contributed by atoms with Gasteiger partial charge in [-0.2, -0.15) is 0 Å². The number of aromatic nitrogens is 1. The molecule has 2 rings (SSSR count). The summed E-state index contributed by atoms with van der Waals surface area (Å²) in [5, 5.41) is 8.75. The Labute approximate surface area is 106 Å². The third kappa shape index (κ3) is 2.38. The van der Waals surface area contributed by atoms with Crippen molar-refractivity contribution in [2.45, 2.75) is 0 Å². The van der Waals surface area contributed by atoms with Crippen molar-refractivity contribution in [1.82, 2.24) is 4.98 Å². The first-order chi connectivity index (χ1) is 7.66. The Morgan fingerprint density at radius 3 is 2.62 bits per heavy atom. The average Bonchev–Trinajstić information content (AvgIpc) is 2.29. The molecule has 1 heterocycles. The summed E-state index contributed by atoms with van der Waals surface area (Å²) < 4.78 is 1.12. The van der Waals surface area contributed by atoms with Crippen LogP contribution >= 0.6 is 22.6 Å². The fourth-order valence-electron chi connectivity index (χ4n) is 1.34. The molecule has 0 atom stereocenters. The van der Waals surface area contributed by atoms with Gasteiger partial charge in [-0.15, -0.1) is 0 Å². The van der Waals surface area contributed by atoms with Gasteiger partial charge in [-0.1, -0.05) is 12.1 Å². The van der Waals surface area contributed by atoms with Crippen molar-refractivity contribution in [2.24, 2.45) is 0 Å². The molecule has 0 fully saturated rings. The highest BCUT2D eigenvalue weighted by atomic mass is 127. The van der Waals surface area contributed by atoms with Crippen LogP contribution in [0.2, 0.25) is 0 Å². The molecule has 1 aromatic carbocycles. The maximum absolute atomic E-state index is 10.7. The van der Waals surface area contributed by atoms with E-state index in [-0.39, 0.29) is 5.56 Å². The van der Waals surface area contributed by atoms with Crippen LogP contribution in [0.5, 0.6) is 0 Å². The van der Waals surface area contributed by atoms with Gasteiger partial charge in [-0.3, -0.25) is 4.98 Å². The first-order valence-corrected chi connectivity index (χ1v) is 5.70. The zero-order valence-electron chi connectivity index (χ0n) is 8.22. The molecule has 1 aromatic heterocycles. The zero-order valence-corrected chi connectivity index (χ0v) is 10.4. The molecule has 0 aliphatic rings. The van der Waals surface area contributed by atoms with Gasteiger partial charge in [0.05, 0.1) is 11.3 Å². The molecular formula is C12H8INO2. The highest BCUT2D eigenvalue weighted by Crippen LogP contribution is 2.19. The SMILES string of the molecule is O=C(O)c1ccc(-c2cccc(I)c2)nc1. The molecule has 80 valence electrons. The summed E-state index contributed by atoms with van der Waals surface area (Å²) in [4.78, 5) is 14.8. The second-order valence-corrected chi connectivity index (χ2v) is 4.49. The lowest BCUT2D eigenvalue weighted by Crippen LogP contribution is -1.97. The van der Waals surface area contributed by atoms with Crippen molar-refractivity contribution in [2.75, 3.05) is 0 Å². The normalized spacial score (nSPS) is 10.1. The smallest absolute Gasteiger partial charge is 0.337 e. The van der Waals surface area contributed by atoms with E-state index in [1.54, 1.807) is 12.1 Å². The van der Waals surface area contributed by atoms with Crippen molar-refractivity contribution < 1.29 is 9.90 Å². The third-order valence-corrected chi connectivity index (χ3v) is 2.80. The van der Waals surface area contributed by atoms with E-state index in [1.807, 2.05) is 24.3 Å². The minimum Gasteiger partial charge on any atom is -0.478 e. The number of carbonyl (C=O) groups is 1. The summed E-state index contributed by atoms with van der Waals surface area (Å²) in [6.45, 7) is 0. The minimum atomic E-state index is -0.957.